The molecule has 1 heterocycles. The maximum absolute atomic E-state index is 12.3. The summed E-state index contributed by atoms with van der Waals surface area (Å²) in [6.07, 6.45) is 1.46. The summed E-state index contributed by atoms with van der Waals surface area (Å²) in [7, 11) is 1.68. The fraction of sp³-hybridized carbons (Fsp3) is 0.167. The highest BCUT2D eigenvalue weighted by Gasteiger charge is 2.19. The molecule has 0 fully saturated rings. The van der Waals surface area contributed by atoms with E-state index in [2.05, 4.69) is 5.10 Å². The molecule has 1 aromatic carbocycles. The number of hydrogen-bond donors (Lipinski definition) is 0. The normalized spacial score (nSPS) is 10.6. The second kappa shape index (κ2) is 4.51. The van der Waals surface area contributed by atoms with Gasteiger partial charge in [0.25, 0.3) is 0 Å². The van der Waals surface area contributed by atoms with Crippen LogP contribution < -0.4 is 0 Å². The molecule has 1 aromatic heterocycles. The van der Waals surface area contributed by atoms with Gasteiger partial charge in [0, 0.05) is 17.6 Å². The fourth-order valence-corrected chi connectivity index (χ4v) is 2.15. The molecule has 0 saturated heterocycles. The topological polar surface area (TPSA) is 34.9 Å². The van der Waals surface area contributed by atoms with E-state index in [9.17, 15) is 4.79 Å². The Balaban J connectivity index is 2.51. The van der Waals surface area contributed by atoms with Crippen LogP contribution in [0.15, 0.2) is 24.4 Å². The van der Waals surface area contributed by atoms with Crippen molar-refractivity contribution in [2.45, 2.75) is 6.92 Å². The van der Waals surface area contributed by atoms with Crippen molar-refractivity contribution in [1.29, 1.82) is 0 Å². The monoisotopic (exact) mass is 268 g/mol. The Morgan fingerprint density at radius 3 is 2.59 bits per heavy atom. The number of rotatable bonds is 2. The Hall–Kier alpha value is -1.32. The predicted octanol–water partition coefficient (Wildman–Crippen LogP) is 3.27. The highest BCUT2D eigenvalue weighted by Crippen LogP contribution is 2.22. The lowest BCUT2D eigenvalue weighted by molar-refractivity contribution is 0.103. The summed E-state index contributed by atoms with van der Waals surface area (Å²) in [5.74, 6) is -0.149. The van der Waals surface area contributed by atoms with Crippen LogP contribution in [0.5, 0.6) is 0 Å². The highest BCUT2D eigenvalue weighted by molar-refractivity contribution is 6.34. The van der Waals surface area contributed by atoms with E-state index in [4.69, 9.17) is 23.2 Å². The van der Waals surface area contributed by atoms with Crippen LogP contribution in [-0.2, 0) is 7.05 Å². The highest BCUT2D eigenvalue weighted by atomic mass is 35.5. The smallest absolute Gasteiger partial charge is 0.212 e. The number of ketones is 1. The SMILES string of the molecule is Cc1cc(Cl)ccc1C(=O)c1c(Cl)cnn1C. The standard InChI is InChI=1S/C12H10Cl2N2O/c1-7-5-8(13)3-4-9(7)12(17)11-10(14)6-15-16(11)2/h3-6H,1-2H3. The third-order valence-corrected chi connectivity index (χ3v) is 3.05. The van der Waals surface area contributed by atoms with Crippen LogP contribution in [0.2, 0.25) is 10.0 Å². The van der Waals surface area contributed by atoms with Crippen molar-refractivity contribution in [3.8, 4) is 0 Å². The number of aromatic nitrogens is 2. The molecule has 5 heteroatoms. The van der Waals surface area contributed by atoms with Crippen LogP contribution in [0.1, 0.15) is 21.6 Å². The van der Waals surface area contributed by atoms with Gasteiger partial charge < -0.3 is 0 Å². The summed E-state index contributed by atoms with van der Waals surface area (Å²) < 4.78 is 1.47. The maximum atomic E-state index is 12.3. The molecule has 0 aliphatic carbocycles. The Bertz CT molecular complexity index is 571. The van der Waals surface area contributed by atoms with E-state index in [0.29, 0.717) is 21.3 Å². The summed E-state index contributed by atoms with van der Waals surface area (Å²) >= 11 is 11.8. The molecule has 2 aromatic rings. The third kappa shape index (κ3) is 2.21. The van der Waals surface area contributed by atoms with Crippen molar-refractivity contribution in [3.63, 3.8) is 0 Å². The number of hydrogen-bond acceptors (Lipinski definition) is 2. The molecule has 0 amide bonds. The average molecular weight is 269 g/mol. The van der Waals surface area contributed by atoms with E-state index in [0.717, 1.165) is 5.56 Å². The van der Waals surface area contributed by atoms with E-state index in [1.807, 2.05) is 6.92 Å². The summed E-state index contributed by atoms with van der Waals surface area (Å²) in [4.78, 5) is 12.3. The zero-order valence-electron chi connectivity index (χ0n) is 9.37. The van der Waals surface area contributed by atoms with Gasteiger partial charge in [0.15, 0.2) is 0 Å². The first-order valence-electron chi connectivity index (χ1n) is 4.99. The lowest BCUT2D eigenvalue weighted by atomic mass is 10.0. The number of carbonyl (C=O) groups is 1. The number of nitrogens with zero attached hydrogens (tertiary/aromatic N) is 2. The summed E-state index contributed by atoms with van der Waals surface area (Å²) in [6.45, 7) is 1.84. The quantitative estimate of drug-likeness (QED) is 0.784. The van der Waals surface area contributed by atoms with Gasteiger partial charge >= 0.3 is 0 Å². The van der Waals surface area contributed by atoms with Gasteiger partial charge in [0.2, 0.25) is 5.78 Å². The van der Waals surface area contributed by atoms with Crippen LogP contribution >= 0.6 is 23.2 Å². The molecule has 88 valence electrons. The van der Waals surface area contributed by atoms with Crippen molar-refractivity contribution in [2.24, 2.45) is 7.05 Å². The first-order valence-corrected chi connectivity index (χ1v) is 5.74. The summed E-state index contributed by atoms with van der Waals surface area (Å²) in [6, 6.07) is 5.13. The van der Waals surface area contributed by atoms with Gasteiger partial charge in [-0.05, 0) is 30.7 Å². The van der Waals surface area contributed by atoms with E-state index >= 15 is 0 Å². The first-order chi connectivity index (χ1) is 8.00. The molecule has 0 unspecified atom stereocenters. The molecule has 17 heavy (non-hydrogen) atoms. The number of halogens is 2. The maximum Gasteiger partial charge on any atom is 0.212 e. The van der Waals surface area contributed by atoms with Gasteiger partial charge in [-0.15, -0.1) is 0 Å². The lowest BCUT2D eigenvalue weighted by Crippen LogP contribution is -2.10. The largest absolute Gasteiger partial charge is 0.287 e. The van der Waals surface area contributed by atoms with Gasteiger partial charge in [-0.3, -0.25) is 9.48 Å². The number of benzene rings is 1. The predicted molar refractivity (Wildman–Crippen MR) is 67.8 cm³/mol. The van der Waals surface area contributed by atoms with E-state index < -0.39 is 0 Å². The number of carbonyl (C=O) groups excluding carboxylic acids is 1. The van der Waals surface area contributed by atoms with Gasteiger partial charge in [0.05, 0.1) is 11.2 Å². The van der Waals surface area contributed by atoms with Gasteiger partial charge in [-0.25, -0.2) is 0 Å². The van der Waals surface area contributed by atoms with Gasteiger partial charge in [-0.2, -0.15) is 5.10 Å². The second-order valence-corrected chi connectivity index (χ2v) is 4.60. The van der Waals surface area contributed by atoms with Crippen molar-refractivity contribution in [2.75, 3.05) is 0 Å². The minimum Gasteiger partial charge on any atom is -0.287 e. The van der Waals surface area contributed by atoms with E-state index in [-0.39, 0.29) is 5.78 Å². The van der Waals surface area contributed by atoms with Gasteiger partial charge in [-0.1, -0.05) is 23.2 Å². The first kappa shape index (κ1) is 12.1. The zero-order valence-corrected chi connectivity index (χ0v) is 10.9. The van der Waals surface area contributed by atoms with Crippen LogP contribution in [-0.4, -0.2) is 15.6 Å². The van der Waals surface area contributed by atoms with E-state index in [1.165, 1.54) is 10.9 Å². The average Bonchev–Trinajstić information content (AvgIpc) is 2.58. The Kier molecular flexibility index (Phi) is 3.22. The molecular formula is C12H10Cl2N2O. The molecule has 0 bridgehead atoms. The molecule has 0 N–H and O–H groups in total. The van der Waals surface area contributed by atoms with Crippen LogP contribution in [0.4, 0.5) is 0 Å². The van der Waals surface area contributed by atoms with Crippen molar-refractivity contribution in [1.82, 2.24) is 9.78 Å². The Morgan fingerprint density at radius 1 is 1.35 bits per heavy atom. The molecule has 0 aliphatic rings. The lowest BCUT2D eigenvalue weighted by Gasteiger charge is -2.06. The third-order valence-electron chi connectivity index (χ3n) is 2.54. The van der Waals surface area contributed by atoms with Gasteiger partial charge in [0.1, 0.15) is 5.69 Å². The fourth-order valence-electron chi connectivity index (χ4n) is 1.68. The minimum absolute atomic E-state index is 0.149. The molecule has 0 radical (unpaired) electrons. The zero-order chi connectivity index (χ0) is 12.6. The van der Waals surface area contributed by atoms with Crippen molar-refractivity contribution < 1.29 is 4.79 Å². The second-order valence-electron chi connectivity index (χ2n) is 3.75. The Labute approximate surface area is 109 Å². The number of aryl methyl sites for hydroxylation is 2. The van der Waals surface area contributed by atoms with Crippen LogP contribution in [0, 0.1) is 6.92 Å². The molecule has 3 nitrogen and oxygen atoms in total. The molecule has 0 saturated carbocycles. The van der Waals surface area contributed by atoms with Crippen LogP contribution in [0.3, 0.4) is 0 Å². The molecule has 2 rings (SSSR count). The van der Waals surface area contributed by atoms with Crippen molar-refractivity contribution in [3.05, 3.63) is 51.3 Å². The van der Waals surface area contributed by atoms with Crippen LogP contribution in [0.25, 0.3) is 0 Å². The molecule has 0 spiro atoms. The molecule has 0 atom stereocenters. The van der Waals surface area contributed by atoms with E-state index in [1.54, 1.807) is 25.2 Å². The molecular weight excluding hydrogens is 259 g/mol. The summed E-state index contributed by atoms with van der Waals surface area (Å²) in [5, 5.41) is 4.91. The Morgan fingerprint density at radius 2 is 2.06 bits per heavy atom. The van der Waals surface area contributed by atoms with Crippen molar-refractivity contribution >= 4 is 29.0 Å². The summed E-state index contributed by atoms with van der Waals surface area (Å²) in [5.41, 5.74) is 1.79. The minimum atomic E-state index is -0.149. The molecule has 0 aliphatic heterocycles.